The van der Waals surface area contributed by atoms with Gasteiger partial charge in [-0.2, -0.15) is 0 Å². The van der Waals surface area contributed by atoms with Crippen molar-refractivity contribution in [3.63, 3.8) is 0 Å². The molecule has 1 amide bonds. The van der Waals surface area contributed by atoms with E-state index in [9.17, 15) is 4.79 Å². The minimum Gasteiger partial charge on any atom is -0.469 e. The summed E-state index contributed by atoms with van der Waals surface area (Å²) in [4.78, 5) is 14.7. The summed E-state index contributed by atoms with van der Waals surface area (Å²) in [7, 11) is 0. The van der Waals surface area contributed by atoms with Crippen molar-refractivity contribution in [2.45, 2.75) is 32.4 Å². The number of rotatable bonds is 4. The first kappa shape index (κ1) is 16.3. The molecule has 0 bridgehead atoms. The Hall–Kier alpha value is -1.59. The third-order valence-electron chi connectivity index (χ3n) is 4.32. The van der Waals surface area contributed by atoms with Gasteiger partial charge in [0.25, 0.3) is 5.91 Å². The van der Waals surface area contributed by atoms with Gasteiger partial charge in [0.05, 0.1) is 11.8 Å². The summed E-state index contributed by atoms with van der Waals surface area (Å²) < 4.78 is 6.31. The Morgan fingerprint density at radius 1 is 1.35 bits per heavy atom. The van der Waals surface area contributed by atoms with Crippen molar-refractivity contribution in [3.8, 4) is 0 Å². The third-order valence-corrected chi connectivity index (χ3v) is 4.81. The highest BCUT2D eigenvalue weighted by atomic mass is 79.9. The number of piperidine rings is 1. The number of benzene rings is 1. The second kappa shape index (κ2) is 7.32. The van der Waals surface area contributed by atoms with Crippen LogP contribution in [0.1, 0.15) is 34.5 Å². The van der Waals surface area contributed by atoms with Gasteiger partial charge in [-0.1, -0.05) is 28.1 Å². The Balaban J connectivity index is 1.49. The van der Waals surface area contributed by atoms with Crippen molar-refractivity contribution in [3.05, 3.63) is 58.0 Å². The molecule has 1 aromatic carbocycles. The minimum atomic E-state index is -0.0262. The second-order valence-electron chi connectivity index (χ2n) is 6.04. The van der Waals surface area contributed by atoms with Gasteiger partial charge in [-0.05, 0) is 43.5 Å². The number of likely N-dealkylation sites (tertiary alicyclic amines) is 1. The second-order valence-corrected chi connectivity index (χ2v) is 6.96. The summed E-state index contributed by atoms with van der Waals surface area (Å²) in [6.45, 7) is 4.78. The van der Waals surface area contributed by atoms with Crippen LogP contribution in [0.5, 0.6) is 0 Å². The van der Waals surface area contributed by atoms with E-state index >= 15 is 0 Å². The summed E-state index contributed by atoms with van der Waals surface area (Å²) in [5, 5.41) is 3.12. The fourth-order valence-corrected chi connectivity index (χ4v) is 3.46. The lowest BCUT2D eigenvalue weighted by Gasteiger charge is -2.32. The molecule has 2 aromatic rings. The predicted octanol–water partition coefficient (Wildman–Crippen LogP) is 3.74. The van der Waals surface area contributed by atoms with Crippen LogP contribution in [0.2, 0.25) is 0 Å². The summed E-state index contributed by atoms with van der Waals surface area (Å²) in [5.74, 6) is 0.649. The van der Waals surface area contributed by atoms with Crippen LogP contribution in [0.15, 0.2) is 45.5 Å². The smallest absolute Gasteiger partial charge is 0.255 e. The average Bonchev–Trinajstić information content (AvgIpc) is 2.95. The van der Waals surface area contributed by atoms with Crippen LogP contribution in [0.4, 0.5) is 0 Å². The van der Waals surface area contributed by atoms with Gasteiger partial charge >= 0.3 is 0 Å². The molecule has 0 aliphatic carbocycles. The molecule has 1 fully saturated rings. The first-order valence-corrected chi connectivity index (χ1v) is 8.73. The molecule has 0 atom stereocenters. The Kier molecular flexibility index (Phi) is 5.18. The zero-order valence-electron chi connectivity index (χ0n) is 13.2. The number of amides is 1. The number of nitrogens with one attached hydrogen (secondary N) is 1. The van der Waals surface area contributed by atoms with E-state index < -0.39 is 0 Å². The van der Waals surface area contributed by atoms with Crippen LogP contribution in [-0.2, 0) is 6.54 Å². The van der Waals surface area contributed by atoms with E-state index in [1.54, 1.807) is 12.3 Å². The van der Waals surface area contributed by atoms with E-state index in [0.717, 1.165) is 36.9 Å². The van der Waals surface area contributed by atoms with Crippen LogP contribution < -0.4 is 5.32 Å². The standard InChI is InChI=1S/C18H21BrN2O2/c1-13-17(7-10-23-13)18(22)20-16-5-8-21(9-6-16)12-14-3-2-4-15(19)11-14/h2-4,7,10-11,16H,5-6,8-9,12H2,1H3,(H,20,22). The van der Waals surface area contributed by atoms with Crippen molar-refractivity contribution in [1.82, 2.24) is 10.2 Å². The summed E-state index contributed by atoms with van der Waals surface area (Å²) in [5.41, 5.74) is 1.96. The molecule has 2 heterocycles. The number of carbonyl (C=O) groups excluding carboxylic acids is 1. The third kappa shape index (κ3) is 4.24. The van der Waals surface area contributed by atoms with Gasteiger partial charge in [-0.15, -0.1) is 0 Å². The fraction of sp³-hybridized carbons (Fsp3) is 0.389. The highest BCUT2D eigenvalue weighted by Gasteiger charge is 2.22. The van der Waals surface area contributed by atoms with Gasteiger partial charge in [0.1, 0.15) is 5.76 Å². The van der Waals surface area contributed by atoms with Gasteiger partial charge in [0.2, 0.25) is 0 Å². The molecule has 1 aliphatic heterocycles. The maximum absolute atomic E-state index is 12.2. The predicted molar refractivity (Wildman–Crippen MR) is 93.4 cm³/mol. The van der Waals surface area contributed by atoms with E-state index in [1.807, 2.05) is 13.0 Å². The number of aryl methyl sites for hydroxylation is 1. The topological polar surface area (TPSA) is 45.5 Å². The van der Waals surface area contributed by atoms with E-state index in [-0.39, 0.29) is 11.9 Å². The van der Waals surface area contributed by atoms with Crippen LogP contribution in [0, 0.1) is 6.92 Å². The fourth-order valence-electron chi connectivity index (χ4n) is 3.01. The van der Waals surface area contributed by atoms with Gasteiger partial charge in [-0.25, -0.2) is 0 Å². The molecule has 0 unspecified atom stereocenters. The van der Waals surface area contributed by atoms with E-state index in [4.69, 9.17) is 4.42 Å². The van der Waals surface area contributed by atoms with Gasteiger partial charge in [0.15, 0.2) is 0 Å². The number of hydrogen-bond donors (Lipinski definition) is 1. The summed E-state index contributed by atoms with van der Waals surface area (Å²) >= 11 is 3.51. The Morgan fingerprint density at radius 2 is 2.13 bits per heavy atom. The molecule has 1 saturated heterocycles. The van der Waals surface area contributed by atoms with E-state index in [1.165, 1.54) is 5.56 Å². The van der Waals surface area contributed by atoms with Gasteiger partial charge in [0, 0.05) is 30.1 Å². The molecule has 1 aliphatic rings. The Labute approximate surface area is 145 Å². The quantitative estimate of drug-likeness (QED) is 0.883. The SMILES string of the molecule is Cc1occc1C(=O)NC1CCN(Cc2cccc(Br)c2)CC1. The molecule has 1 aromatic heterocycles. The maximum atomic E-state index is 12.2. The van der Waals surface area contributed by atoms with Crippen molar-refractivity contribution in [2.75, 3.05) is 13.1 Å². The lowest BCUT2D eigenvalue weighted by molar-refractivity contribution is 0.0907. The van der Waals surface area contributed by atoms with Crippen LogP contribution in [-0.4, -0.2) is 29.9 Å². The lowest BCUT2D eigenvalue weighted by Crippen LogP contribution is -2.44. The molecule has 23 heavy (non-hydrogen) atoms. The van der Waals surface area contributed by atoms with Crippen molar-refractivity contribution in [2.24, 2.45) is 0 Å². The lowest BCUT2D eigenvalue weighted by atomic mass is 10.0. The zero-order valence-corrected chi connectivity index (χ0v) is 14.8. The molecular formula is C18H21BrN2O2. The molecule has 3 rings (SSSR count). The maximum Gasteiger partial charge on any atom is 0.255 e. The van der Waals surface area contributed by atoms with Gasteiger partial charge in [-0.3, -0.25) is 9.69 Å². The van der Waals surface area contributed by atoms with Crippen LogP contribution in [0.25, 0.3) is 0 Å². The van der Waals surface area contributed by atoms with Crippen LogP contribution in [0.3, 0.4) is 0 Å². The summed E-state index contributed by atoms with van der Waals surface area (Å²) in [6, 6.07) is 10.4. The molecule has 1 N–H and O–H groups in total. The Morgan fingerprint density at radius 3 is 2.78 bits per heavy atom. The van der Waals surface area contributed by atoms with E-state index in [0.29, 0.717) is 11.3 Å². The van der Waals surface area contributed by atoms with Crippen LogP contribution >= 0.6 is 15.9 Å². The van der Waals surface area contributed by atoms with Crippen molar-refractivity contribution >= 4 is 21.8 Å². The highest BCUT2D eigenvalue weighted by Crippen LogP contribution is 2.17. The first-order valence-electron chi connectivity index (χ1n) is 7.93. The molecule has 4 nitrogen and oxygen atoms in total. The largest absolute Gasteiger partial charge is 0.469 e. The molecule has 0 radical (unpaired) electrons. The van der Waals surface area contributed by atoms with Crippen molar-refractivity contribution in [1.29, 1.82) is 0 Å². The minimum absolute atomic E-state index is 0.0262. The number of hydrogen-bond acceptors (Lipinski definition) is 3. The van der Waals surface area contributed by atoms with E-state index in [2.05, 4.69) is 44.3 Å². The number of nitrogens with zero attached hydrogens (tertiary/aromatic N) is 1. The highest BCUT2D eigenvalue weighted by molar-refractivity contribution is 9.10. The van der Waals surface area contributed by atoms with Crippen molar-refractivity contribution < 1.29 is 9.21 Å². The molecule has 0 spiro atoms. The normalized spacial score (nSPS) is 16.4. The molecular weight excluding hydrogens is 356 g/mol. The summed E-state index contributed by atoms with van der Waals surface area (Å²) in [6.07, 6.45) is 3.53. The Bertz CT molecular complexity index is 675. The first-order chi connectivity index (χ1) is 11.1. The van der Waals surface area contributed by atoms with Gasteiger partial charge < -0.3 is 9.73 Å². The number of carbonyl (C=O) groups is 1. The molecule has 5 heteroatoms. The average molecular weight is 377 g/mol. The monoisotopic (exact) mass is 376 g/mol. The molecule has 122 valence electrons. The molecule has 0 saturated carbocycles. The number of halogens is 1. The zero-order chi connectivity index (χ0) is 16.2. The number of furan rings is 1.